The Morgan fingerprint density at radius 3 is 0.880 bits per heavy atom. The van der Waals surface area contributed by atoms with E-state index in [1.165, 1.54) is 0 Å². The SMILES string of the molecule is FC(OC(F)=C(OC(F)(F)F)C(F)(F)F)=C(OC(F)(F)F)C(F)(F)F. The van der Waals surface area contributed by atoms with Gasteiger partial charge >= 0.3 is 37.1 Å². The summed E-state index contributed by atoms with van der Waals surface area (Å²) in [4.78, 5) is 0. The molecule has 0 bridgehead atoms. The van der Waals surface area contributed by atoms with Gasteiger partial charge in [0.2, 0.25) is 0 Å². The number of rotatable bonds is 4. The summed E-state index contributed by atoms with van der Waals surface area (Å²) in [5.74, 6) is -7.63. The summed E-state index contributed by atoms with van der Waals surface area (Å²) in [6.45, 7) is 0. The molecule has 0 aliphatic heterocycles. The highest BCUT2D eigenvalue weighted by molar-refractivity contribution is 5.08. The Balaban J connectivity index is 6.00. The first-order valence-corrected chi connectivity index (χ1v) is 4.87. The molecule has 0 saturated carbocycles. The van der Waals surface area contributed by atoms with E-state index in [-0.39, 0.29) is 0 Å². The first kappa shape index (κ1) is 22.9. The lowest BCUT2D eigenvalue weighted by atomic mass is 10.5. The number of hydrogen-bond acceptors (Lipinski definition) is 3. The molecule has 3 nitrogen and oxygen atoms in total. The van der Waals surface area contributed by atoms with Crippen LogP contribution >= 0.6 is 0 Å². The zero-order valence-electron chi connectivity index (χ0n) is 10.5. The smallest absolute Gasteiger partial charge is 0.398 e. The Morgan fingerprint density at radius 2 is 0.720 bits per heavy atom. The molecule has 25 heavy (non-hydrogen) atoms. The van der Waals surface area contributed by atoms with Crippen LogP contribution in [0.15, 0.2) is 23.5 Å². The van der Waals surface area contributed by atoms with E-state index in [0.717, 1.165) is 0 Å². The summed E-state index contributed by atoms with van der Waals surface area (Å²) < 4.78 is 175. The second-order valence-corrected chi connectivity index (χ2v) is 3.40. The van der Waals surface area contributed by atoms with Crippen molar-refractivity contribution in [1.82, 2.24) is 0 Å². The Bertz CT molecular complexity index is 482. The van der Waals surface area contributed by atoms with Crippen LogP contribution in [-0.2, 0) is 14.2 Å². The zero-order valence-corrected chi connectivity index (χ0v) is 10.5. The topological polar surface area (TPSA) is 27.7 Å². The lowest BCUT2D eigenvalue weighted by molar-refractivity contribution is -0.330. The molecule has 0 heterocycles. The van der Waals surface area contributed by atoms with E-state index in [1.807, 2.05) is 0 Å². The minimum Gasteiger partial charge on any atom is -0.398 e. The summed E-state index contributed by atoms with van der Waals surface area (Å²) in [5, 5.41) is 0. The van der Waals surface area contributed by atoms with Gasteiger partial charge in [-0.1, -0.05) is 0 Å². The molecule has 148 valence electrons. The molecule has 0 rings (SSSR count). The van der Waals surface area contributed by atoms with E-state index in [0.29, 0.717) is 0 Å². The molecule has 0 aromatic heterocycles. The summed E-state index contributed by atoms with van der Waals surface area (Å²) in [6.07, 6.45) is -25.4. The highest BCUT2D eigenvalue weighted by Crippen LogP contribution is 2.39. The molecule has 0 fully saturated rings. The van der Waals surface area contributed by atoms with Crippen molar-refractivity contribution in [2.24, 2.45) is 0 Å². The van der Waals surface area contributed by atoms with Gasteiger partial charge in [0.15, 0.2) is 0 Å². The lowest BCUT2D eigenvalue weighted by Gasteiger charge is -2.17. The van der Waals surface area contributed by atoms with Crippen molar-refractivity contribution in [2.75, 3.05) is 0 Å². The predicted octanol–water partition coefficient (Wildman–Crippen LogP) is 5.48. The highest BCUT2D eigenvalue weighted by Gasteiger charge is 2.50. The molecule has 0 unspecified atom stereocenters. The van der Waals surface area contributed by atoms with Crippen molar-refractivity contribution in [3.05, 3.63) is 23.5 Å². The second-order valence-electron chi connectivity index (χ2n) is 3.40. The van der Waals surface area contributed by atoms with Gasteiger partial charge in [-0.05, 0) is 0 Å². The van der Waals surface area contributed by atoms with Crippen LogP contribution in [-0.4, -0.2) is 25.1 Å². The monoisotopic (exact) mass is 410 g/mol. The van der Waals surface area contributed by atoms with Gasteiger partial charge in [-0.15, -0.1) is 26.3 Å². The number of ether oxygens (including phenoxy) is 3. The Morgan fingerprint density at radius 1 is 0.480 bits per heavy atom. The van der Waals surface area contributed by atoms with E-state index in [9.17, 15) is 61.5 Å². The average molecular weight is 410 g/mol. The first-order chi connectivity index (χ1) is 10.7. The van der Waals surface area contributed by atoms with E-state index < -0.39 is 48.6 Å². The van der Waals surface area contributed by atoms with Crippen LogP contribution in [0.25, 0.3) is 0 Å². The lowest BCUT2D eigenvalue weighted by Crippen LogP contribution is -2.26. The van der Waals surface area contributed by atoms with E-state index in [2.05, 4.69) is 14.2 Å². The summed E-state index contributed by atoms with van der Waals surface area (Å²) in [6, 6.07) is -7.62. The zero-order chi connectivity index (χ0) is 20.4. The van der Waals surface area contributed by atoms with Gasteiger partial charge < -0.3 is 14.2 Å². The van der Waals surface area contributed by atoms with Crippen LogP contribution in [0.5, 0.6) is 0 Å². The highest BCUT2D eigenvalue weighted by atomic mass is 19.4. The van der Waals surface area contributed by atoms with Gasteiger partial charge in [0.05, 0.1) is 0 Å². The van der Waals surface area contributed by atoms with Crippen molar-refractivity contribution in [2.45, 2.75) is 25.1 Å². The normalized spacial score (nSPS) is 16.1. The average Bonchev–Trinajstić information content (AvgIpc) is 2.27. The molecule has 17 heteroatoms. The van der Waals surface area contributed by atoms with Crippen LogP contribution in [0.2, 0.25) is 0 Å². The first-order valence-electron chi connectivity index (χ1n) is 4.87. The molecule has 0 saturated heterocycles. The molecule has 0 aromatic carbocycles. The molecule has 0 aromatic rings. The number of hydrogen-bond donors (Lipinski definition) is 0. The molecule has 0 aliphatic rings. The molecule has 0 radical (unpaired) electrons. The number of halogens is 14. The quantitative estimate of drug-likeness (QED) is 0.454. The van der Waals surface area contributed by atoms with Gasteiger partial charge in [-0.25, -0.2) is 0 Å². The third-order valence-corrected chi connectivity index (χ3v) is 1.49. The van der Waals surface area contributed by atoms with Crippen molar-refractivity contribution < 1.29 is 75.7 Å². The standard InChI is InChI=1S/C8F14O3/c9-3(1(5(11,12)13)24-7(17,18)19)23-4(10)2(6(14,15)16)25-8(20,21)22. The fourth-order valence-electron chi connectivity index (χ4n) is 0.822. The van der Waals surface area contributed by atoms with Crippen LogP contribution in [0.4, 0.5) is 61.5 Å². The molecular weight excluding hydrogens is 410 g/mol. The maximum Gasteiger partial charge on any atom is 0.573 e. The molecule has 0 amide bonds. The Hall–Kier alpha value is -2.10. The summed E-state index contributed by atoms with van der Waals surface area (Å²) >= 11 is 0. The van der Waals surface area contributed by atoms with Gasteiger partial charge in [0, 0.05) is 0 Å². The van der Waals surface area contributed by atoms with Crippen molar-refractivity contribution in [3.8, 4) is 0 Å². The molecular formula is C8F14O3. The molecule has 0 aliphatic carbocycles. The van der Waals surface area contributed by atoms with E-state index in [4.69, 9.17) is 0 Å². The van der Waals surface area contributed by atoms with Crippen molar-refractivity contribution in [1.29, 1.82) is 0 Å². The van der Waals surface area contributed by atoms with Gasteiger partial charge in [0.1, 0.15) is 0 Å². The number of allylic oxidation sites excluding steroid dienone is 2. The maximum absolute atomic E-state index is 12.9. The Kier molecular flexibility index (Phi) is 6.44. The van der Waals surface area contributed by atoms with E-state index >= 15 is 0 Å². The van der Waals surface area contributed by atoms with E-state index in [1.54, 1.807) is 0 Å². The minimum atomic E-state index is -6.41. The van der Waals surface area contributed by atoms with Crippen LogP contribution in [0.3, 0.4) is 0 Å². The molecule has 0 spiro atoms. The second kappa shape index (κ2) is 7.03. The van der Waals surface area contributed by atoms with Gasteiger partial charge in [-0.2, -0.15) is 35.1 Å². The summed E-state index contributed by atoms with van der Waals surface area (Å²) in [7, 11) is 0. The van der Waals surface area contributed by atoms with Crippen LogP contribution in [0.1, 0.15) is 0 Å². The largest absolute Gasteiger partial charge is 0.573 e. The van der Waals surface area contributed by atoms with Gasteiger partial charge in [-0.3, -0.25) is 0 Å². The maximum atomic E-state index is 12.9. The third kappa shape index (κ3) is 8.52. The van der Waals surface area contributed by atoms with Gasteiger partial charge in [0.25, 0.3) is 11.5 Å². The Labute approximate surface area is 126 Å². The van der Waals surface area contributed by atoms with Crippen molar-refractivity contribution in [3.63, 3.8) is 0 Å². The van der Waals surface area contributed by atoms with Crippen LogP contribution in [0, 0.1) is 0 Å². The summed E-state index contributed by atoms with van der Waals surface area (Å²) in [5.41, 5.74) is 0. The predicted molar refractivity (Wildman–Crippen MR) is 43.7 cm³/mol. The molecule has 0 atom stereocenters. The minimum absolute atomic E-state index is 2.05. The van der Waals surface area contributed by atoms with Crippen molar-refractivity contribution >= 4 is 0 Å². The molecule has 0 N–H and O–H groups in total. The fraction of sp³-hybridized carbons (Fsp3) is 0.500. The third-order valence-electron chi connectivity index (χ3n) is 1.49. The fourth-order valence-corrected chi connectivity index (χ4v) is 0.822. The number of alkyl halides is 12. The van der Waals surface area contributed by atoms with Crippen LogP contribution < -0.4 is 0 Å².